The number of hydrogen-bond acceptors (Lipinski definition) is 3. The fraction of sp³-hybridized carbons (Fsp3) is 0.385. The van der Waals surface area contributed by atoms with E-state index in [-0.39, 0.29) is 5.41 Å². The molecule has 0 aliphatic rings. The van der Waals surface area contributed by atoms with Crippen molar-refractivity contribution in [2.24, 2.45) is 5.73 Å². The molecule has 0 bridgehead atoms. The third kappa shape index (κ3) is 2.76. The van der Waals surface area contributed by atoms with Crippen LogP contribution in [-0.4, -0.2) is 15.0 Å². The zero-order chi connectivity index (χ0) is 14.2. The lowest BCUT2D eigenvalue weighted by Gasteiger charge is -2.21. The standard InChI is InChI=1S/C13H16Cl2N4/c1-13(2,3)12-11(7-16)17-18-19(12)8-4-5-9(14)10(15)6-8/h4-6H,7,16H2,1-3H3. The molecule has 2 aromatic rings. The summed E-state index contributed by atoms with van der Waals surface area (Å²) in [6.07, 6.45) is 0. The summed E-state index contributed by atoms with van der Waals surface area (Å²) in [6.45, 7) is 6.64. The van der Waals surface area contributed by atoms with E-state index in [1.807, 2.05) is 6.07 Å². The van der Waals surface area contributed by atoms with E-state index in [0.29, 0.717) is 16.6 Å². The van der Waals surface area contributed by atoms with Crippen LogP contribution in [0.1, 0.15) is 32.2 Å². The molecule has 2 N–H and O–H groups in total. The van der Waals surface area contributed by atoms with Gasteiger partial charge in [0.05, 0.1) is 21.4 Å². The van der Waals surface area contributed by atoms with E-state index in [1.54, 1.807) is 16.8 Å². The normalized spacial score (nSPS) is 11.9. The van der Waals surface area contributed by atoms with E-state index in [1.165, 1.54) is 0 Å². The van der Waals surface area contributed by atoms with Crippen LogP contribution in [0, 0.1) is 0 Å². The molecule has 0 fully saturated rings. The summed E-state index contributed by atoms with van der Waals surface area (Å²) in [4.78, 5) is 0. The zero-order valence-corrected chi connectivity index (χ0v) is 12.6. The van der Waals surface area contributed by atoms with Gasteiger partial charge in [0.2, 0.25) is 0 Å². The number of halogens is 2. The monoisotopic (exact) mass is 298 g/mol. The van der Waals surface area contributed by atoms with Gasteiger partial charge in [-0.1, -0.05) is 49.2 Å². The maximum Gasteiger partial charge on any atom is 0.100 e. The van der Waals surface area contributed by atoms with Crippen molar-refractivity contribution in [2.75, 3.05) is 0 Å². The quantitative estimate of drug-likeness (QED) is 0.925. The van der Waals surface area contributed by atoms with Gasteiger partial charge in [-0.2, -0.15) is 0 Å². The third-order valence-electron chi connectivity index (χ3n) is 2.79. The molecule has 1 heterocycles. The summed E-state index contributed by atoms with van der Waals surface area (Å²) < 4.78 is 1.77. The van der Waals surface area contributed by atoms with Crippen LogP contribution >= 0.6 is 23.2 Å². The van der Waals surface area contributed by atoms with Crippen LogP contribution in [-0.2, 0) is 12.0 Å². The molecule has 0 atom stereocenters. The lowest BCUT2D eigenvalue weighted by molar-refractivity contribution is 0.537. The Hall–Kier alpha value is -1.10. The molecule has 0 aliphatic carbocycles. The second kappa shape index (κ2) is 5.12. The van der Waals surface area contributed by atoms with E-state index >= 15 is 0 Å². The van der Waals surface area contributed by atoms with Crippen LogP contribution in [0.25, 0.3) is 5.69 Å². The van der Waals surface area contributed by atoms with Gasteiger partial charge in [-0.3, -0.25) is 0 Å². The highest BCUT2D eigenvalue weighted by atomic mass is 35.5. The second-order valence-electron chi connectivity index (χ2n) is 5.35. The summed E-state index contributed by atoms with van der Waals surface area (Å²) in [7, 11) is 0. The highest BCUT2D eigenvalue weighted by Crippen LogP contribution is 2.29. The van der Waals surface area contributed by atoms with Crippen LogP contribution < -0.4 is 5.73 Å². The Morgan fingerprint density at radius 2 is 1.89 bits per heavy atom. The molecule has 1 aromatic carbocycles. The molecule has 0 radical (unpaired) electrons. The second-order valence-corrected chi connectivity index (χ2v) is 6.16. The molecular formula is C13H16Cl2N4. The van der Waals surface area contributed by atoms with Crippen LogP contribution in [0.4, 0.5) is 0 Å². The van der Waals surface area contributed by atoms with E-state index in [9.17, 15) is 0 Å². The molecule has 102 valence electrons. The molecule has 1 aromatic heterocycles. The van der Waals surface area contributed by atoms with Gasteiger partial charge < -0.3 is 5.73 Å². The predicted octanol–water partition coefficient (Wildman–Crippen LogP) is 3.33. The number of aromatic nitrogens is 3. The maximum absolute atomic E-state index is 6.05. The minimum Gasteiger partial charge on any atom is -0.325 e. The van der Waals surface area contributed by atoms with Crippen molar-refractivity contribution in [2.45, 2.75) is 32.7 Å². The molecular weight excluding hydrogens is 283 g/mol. The molecule has 0 saturated carbocycles. The minimum atomic E-state index is -0.121. The Morgan fingerprint density at radius 1 is 1.21 bits per heavy atom. The van der Waals surface area contributed by atoms with E-state index in [4.69, 9.17) is 28.9 Å². The van der Waals surface area contributed by atoms with Crippen molar-refractivity contribution < 1.29 is 0 Å². The molecule has 19 heavy (non-hydrogen) atoms. The Bertz CT molecular complexity index is 599. The van der Waals surface area contributed by atoms with Crippen molar-refractivity contribution in [3.63, 3.8) is 0 Å². The van der Waals surface area contributed by atoms with Crippen LogP contribution in [0.2, 0.25) is 10.0 Å². The van der Waals surface area contributed by atoms with Gasteiger partial charge in [-0.05, 0) is 18.2 Å². The van der Waals surface area contributed by atoms with Gasteiger partial charge in [0.1, 0.15) is 5.69 Å². The molecule has 4 nitrogen and oxygen atoms in total. The van der Waals surface area contributed by atoms with Crippen LogP contribution in [0.3, 0.4) is 0 Å². The average molecular weight is 299 g/mol. The predicted molar refractivity (Wildman–Crippen MR) is 78.0 cm³/mol. The third-order valence-corrected chi connectivity index (χ3v) is 3.53. The fourth-order valence-electron chi connectivity index (χ4n) is 2.00. The lowest BCUT2D eigenvalue weighted by Crippen LogP contribution is -2.20. The fourth-order valence-corrected chi connectivity index (χ4v) is 2.29. The summed E-state index contributed by atoms with van der Waals surface area (Å²) in [6, 6.07) is 5.38. The van der Waals surface area contributed by atoms with Gasteiger partial charge >= 0.3 is 0 Å². The molecule has 0 amide bonds. The summed E-state index contributed by atoms with van der Waals surface area (Å²) in [5, 5.41) is 9.33. The Kier molecular flexibility index (Phi) is 3.85. The van der Waals surface area contributed by atoms with Crippen molar-refractivity contribution in [3.05, 3.63) is 39.6 Å². The first-order valence-corrected chi connectivity index (χ1v) is 6.70. The van der Waals surface area contributed by atoms with Crippen molar-refractivity contribution in [1.82, 2.24) is 15.0 Å². The van der Waals surface area contributed by atoms with E-state index < -0.39 is 0 Å². The molecule has 2 rings (SSSR count). The Morgan fingerprint density at radius 3 is 2.42 bits per heavy atom. The van der Waals surface area contributed by atoms with Crippen LogP contribution in [0.5, 0.6) is 0 Å². The first kappa shape index (κ1) is 14.3. The van der Waals surface area contributed by atoms with Gasteiger partial charge in [0.15, 0.2) is 0 Å². The summed E-state index contributed by atoms with van der Waals surface area (Å²) in [5.74, 6) is 0. The maximum atomic E-state index is 6.05. The SMILES string of the molecule is CC(C)(C)c1c(CN)nnn1-c1ccc(Cl)c(Cl)c1. The summed E-state index contributed by atoms with van der Waals surface area (Å²) in [5.41, 5.74) is 8.20. The van der Waals surface area contributed by atoms with Gasteiger partial charge in [0.25, 0.3) is 0 Å². The zero-order valence-electron chi connectivity index (χ0n) is 11.1. The van der Waals surface area contributed by atoms with Crippen molar-refractivity contribution in [1.29, 1.82) is 0 Å². The first-order chi connectivity index (χ1) is 8.84. The summed E-state index contributed by atoms with van der Waals surface area (Å²) >= 11 is 12.0. The highest BCUT2D eigenvalue weighted by molar-refractivity contribution is 6.42. The number of nitrogens with zero attached hydrogens (tertiary/aromatic N) is 3. The van der Waals surface area contributed by atoms with Crippen molar-refractivity contribution >= 4 is 23.2 Å². The highest BCUT2D eigenvalue weighted by Gasteiger charge is 2.25. The smallest absolute Gasteiger partial charge is 0.100 e. The number of benzene rings is 1. The van der Waals surface area contributed by atoms with Gasteiger partial charge in [-0.15, -0.1) is 5.10 Å². The molecule has 0 spiro atoms. The molecule has 0 saturated heterocycles. The molecule has 0 unspecified atom stereocenters. The largest absolute Gasteiger partial charge is 0.325 e. The topological polar surface area (TPSA) is 56.7 Å². The number of hydrogen-bond donors (Lipinski definition) is 1. The van der Waals surface area contributed by atoms with Crippen LogP contribution in [0.15, 0.2) is 18.2 Å². The Labute approximate surface area is 122 Å². The van der Waals surface area contributed by atoms with Gasteiger partial charge in [-0.25, -0.2) is 4.68 Å². The molecule has 0 aliphatic heterocycles. The first-order valence-electron chi connectivity index (χ1n) is 5.95. The average Bonchev–Trinajstić information content (AvgIpc) is 2.76. The van der Waals surface area contributed by atoms with E-state index in [2.05, 4.69) is 31.1 Å². The van der Waals surface area contributed by atoms with Gasteiger partial charge in [0, 0.05) is 12.0 Å². The van der Waals surface area contributed by atoms with E-state index in [0.717, 1.165) is 17.1 Å². The minimum absolute atomic E-state index is 0.121. The lowest BCUT2D eigenvalue weighted by atomic mass is 9.90. The Balaban J connectivity index is 2.62. The number of rotatable bonds is 2. The molecule has 6 heteroatoms. The number of nitrogens with two attached hydrogens (primary N) is 1. The van der Waals surface area contributed by atoms with Crippen molar-refractivity contribution in [3.8, 4) is 5.69 Å².